The van der Waals surface area contributed by atoms with Gasteiger partial charge in [-0.05, 0) is 19.3 Å². The standard InChI is InChI=1S/C9H17BrO2/c1-4-12-9(11)8(3)5-7(2)6-10/h7-8H,4-6H2,1-3H3. The van der Waals surface area contributed by atoms with Crippen molar-refractivity contribution in [2.45, 2.75) is 27.2 Å². The van der Waals surface area contributed by atoms with Crippen LogP contribution in [0.1, 0.15) is 27.2 Å². The Morgan fingerprint density at radius 1 is 1.50 bits per heavy atom. The molecule has 0 aromatic rings. The van der Waals surface area contributed by atoms with Gasteiger partial charge in [0.15, 0.2) is 0 Å². The molecule has 0 saturated heterocycles. The Balaban J connectivity index is 3.70. The average molecular weight is 237 g/mol. The number of rotatable bonds is 5. The highest BCUT2D eigenvalue weighted by Gasteiger charge is 2.16. The van der Waals surface area contributed by atoms with E-state index >= 15 is 0 Å². The molecule has 0 radical (unpaired) electrons. The zero-order valence-corrected chi connectivity index (χ0v) is 9.56. The quantitative estimate of drug-likeness (QED) is 0.542. The lowest BCUT2D eigenvalue weighted by molar-refractivity contribution is -0.147. The summed E-state index contributed by atoms with van der Waals surface area (Å²) in [5.41, 5.74) is 0. The number of hydrogen-bond acceptors (Lipinski definition) is 2. The predicted octanol–water partition coefficient (Wildman–Crippen LogP) is 2.61. The Morgan fingerprint density at radius 3 is 2.50 bits per heavy atom. The lowest BCUT2D eigenvalue weighted by atomic mass is 9.99. The number of hydrogen-bond donors (Lipinski definition) is 0. The normalized spacial score (nSPS) is 15.3. The molecule has 2 atom stereocenters. The van der Waals surface area contributed by atoms with E-state index in [1.54, 1.807) is 0 Å². The van der Waals surface area contributed by atoms with Crippen molar-refractivity contribution < 1.29 is 9.53 Å². The molecule has 0 N–H and O–H groups in total. The SMILES string of the molecule is CCOC(=O)C(C)CC(C)CBr. The number of alkyl halides is 1. The van der Waals surface area contributed by atoms with Gasteiger partial charge in [-0.3, -0.25) is 4.79 Å². The maximum atomic E-state index is 11.2. The first-order valence-electron chi connectivity index (χ1n) is 4.34. The second-order valence-electron chi connectivity index (χ2n) is 3.15. The molecule has 0 aliphatic rings. The van der Waals surface area contributed by atoms with E-state index in [-0.39, 0.29) is 11.9 Å². The van der Waals surface area contributed by atoms with Crippen molar-refractivity contribution in [2.75, 3.05) is 11.9 Å². The number of ether oxygens (including phenoxy) is 1. The van der Waals surface area contributed by atoms with Gasteiger partial charge in [-0.2, -0.15) is 0 Å². The summed E-state index contributed by atoms with van der Waals surface area (Å²) in [4.78, 5) is 11.2. The van der Waals surface area contributed by atoms with Crippen LogP contribution in [0.25, 0.3) is 0 Å². The lowest BCUT2D eigenvalue weighted by Gasteiger charge is -2.13. The molecule has 0 fully saturated rings. The van der Waals surface area contributed by atoms with E-state index in [1.165, 1.54) is 0 Å². The van der Waals surface area contributed by atoms with Crippen LogP contribution in [0, 0.1) is 11.8 Å². The third-order valence-electron chi connectivity index (χ3n) is 1.71. The molecule has 12 heavy (non-hydrogen) atoms. The summed E-state index contributed by atoms with van der Waals surface area (Å²) in [5, 5.41) is 0.941. The van der Waals surface area contributed by atoms with Crippen molar-refractivity contribution in [1.82, 2.24) is 0 Å². The van der Waals surface area contributed by atoms with Gasteiger partial charge in [0.1, 0.15) is 0 Å². The van der Waals surface area contributed by atoms with E-state index < -0.39 is 0 Å². The first kappa shape index (κ1) is 11.9. The molecule has 0 aromatic carbocycles. The topological polar surface area (TPSA) is 26.3 Å². The Morgan fingerprint density at radius 2 is 2.08 bits per heavy atom. The van der Waals surface area contributed by atoms with Gasteiger partial charge >= 0.3 is 5.97 Å². The van der Waals surface area contributed by atoms with E-state index in [1.807, 2.05) is 13.8 Å². The van der Waals surface area contributed by atoms with Crippen molar-refractivity contribution in [1.29, 1.82) is 0 Å². The van der Waals surface area contributed by atoms with Gasteiger partial charge in [0.25, 0.3) is 0 Å². The summed E-state index contributed by atoms with van der Waals surface area (Å²) < 4.78 is 4.89. The fraction of sp³-hybridized carbons (Fsp3) is 0.889. The Labute approximate surface area is 82.8 Å². The molecule has 0 spiro atoms. The molecular weight excluding hydrogens is 220 g/mol. The molecule has 0 aromatic heterocycles. The zero-order valence-electron chi connectivity index (χ0n) is 7.97. The highest BCUT2D eigenvalue weighted by molar-refractivity contribution is 9.09. The van der Waals surface area contributed by atoms with E-state index in [0.717, 1.165) is 11.8 Å². The van der Waals surface area contributed by atoms with E-state index in [0.29, 0.717) is 12.5 Å². The third-order valence-corrected chi connectivity index (χ3v) is 2.81. The molecular formula is C9H17BrO2. The van der Waals surface area contributed by atoms with E-state index in [2.05, 4.69) is 22.9 Å². The molecule has 2 nitrogen and oxygen atoms in total. The first-order valence-corrected chi connectivity index (χ1v) is 5.46. The first-order chi connectivity index (χ1) is 5.61. The van der Waals surface area contributed by atoms with Crippen molar-refractivity contribution >= 4 is 21.9 Å². The monoisotopic (exact) mass is 236 g/mol. The minimum absolute atomic E-state index is 0.0255. The fourth-order valence-electron chi connectivity index (χ4n) is 1.05. The highest BCUT2D eigenvalue weighted by atomic mass is 79.9. The van der Waals surface area contributed by atoms with Gasteiger partial charge < -0.3 is 4.74 Å². The van der Waals surface area contributed by atoms with Crippen LogP contribution in [-0.4, -0.2) is 17.9 Å². The summed E-state index contributed by atoms with van der Waals surface area (Å²) in [6.07, 6.45) is 0.893. The molecule has 72 valence electrons. The molecule has 0 bridgehead atoms. The van der Waals surface area contributed by atoms with Gasteiger partial charge in [-0.15, -0.1) is 0 Å². The van der Waals surface area contributed by atoms with Crippen LogP contribution < -0.4 is 0 Å². The predicted molar refractivity (Wildman–Crippen MR) is 53.4 cm³/mol. The van der Waals surface area contributed by atoms with Gasteiger partial charge in [0.05, 0.1) is 12.5 Å². The Bertz CT molecular complexity index is 136. The maximum absolute atomic E-state index is 11.2. The second kappa shape index (κ2) is 6.46. The minimum atomic E-state index is -0.0784. The highest BCUT2D eigenvalue weighted by Crippen LogP contribution is 2.14. The molecule has 0 amide bonds. The van der Waals surface area contributed by atoms with Crippen LogP contribution in [0.15, 0.2) is 0 Å². The Kier molecular flexibility index (Phi) is 6.44. The van der Waals surface area contributed by atoms with Crippen molar-refractivity contribution in [3.05, 3.63) is 0 Å². The third kappa shape index (κ3) is 4.75. The number of carbonyl (C=O) groups is 1. The smallest absolute Gasteiger partial charge is 0.308 e. The van der Waals surface area contributed by atoms with Gasteiger partial charge in [0.2, 0.25) is 0 Å². The molecule has 0 saturated carbocycles. The summed E-state index contributed by atoms with van der Waals surface area (Å²) in [6, 6.07) is 0. The zero-order chi connectivity index (χ0) is 9.56. The van der Waals surface area contributed by atoms with Crippen molar-refractivity contribution in [3.8, 4) is 0 Å². The minimum Gasteiger partial charge on any atom is -0.466 e. The number of carbonyl (C=O) groups excluding carboxylic acids is 1. The molecule has 0 heterocycles. The molecule has 3 heteroatoms. The average Bonchev–Trinajstić information content (AvgIpc) is 2.04. The molecule has 0 aliphatic carbocycles. The maximum Gasteiger partial charge on any atom is 0.308 e. The van der Waals surface area contributed by atoms with Gasteiger partial charge in [-0.25, -0.2) is 0 Å². The van der Waals surface area contributed by atoms with Crippen LogP contribution in [-0.2, 0) is 9.53 Å². The summed E-state index contributed by atoms with van der Waals surface area (Å²) in [6.45, 7) is 6.34. The van der Waals surface area contributed by atoms with Gasteiger partial charge in [0, 0.05) is 5.33 Å². The van der Waals surface area contributed by atoms with Crippen LogP contribution in [0.5, 0.6) is 0 Å². The largest absolute Gasteiger partial charge is 0.466 e. The Hall–Kier alpha value is -0.0500. The second-order valence-corrected chi connectivity index (χ2v) is 3.80. The van der Waals surface area contributed by atoms with Crippen LogP contribution in [0.3, 0.4) is 0 Å². The van der Waals surface area contributed by atoms with Crippen molar-refractivity contribution in [2.24, 2.45) is 11.8 Å². The fourth-order valence-corrected chi connectivity index (χ4v) is 1.31. The lowest BCUT2D eigenvalue weighted by Crippen LogP contribution is -2.17. The molecule has 2 unspecified atom stereocenters. The van der Waals surface area contributed by atoms with Crippen LogP contribution >= 0.6 is 15.9 Å². The van der Waals surface area contributed by atoms with Crippen molar-refractivity contribution in [3.63, 3.8) is 0 Å². The van der Waals surface area contributed by atoms with Crippen LogP contribution in [0.2, 0.25) is 0 Å². The summed E-state index contributed by atoms with van der Waals surface area (Å²) in [5.74, 6) is 0.479. The number of esters is 1. The van der Waals surface area contributed by atoms with E-state index in [4.69, 9.17) is 4.74 Å². The summed E-state index contributed by atoms with van der Waals surface area (Å²) in [7, 11) is 0. The summed E-state index contributed by atoms with van der Waals surface area (Å²) >= 11 is 3.38. The molecule has 0 aliphatic heterocycles. The van der Waals surface area contributed by atoms with E-state index in [9.17, 15) is 4.79 Å². The molecule has 0 rings (SSSR count). The number of halogens is 1. The van der Waals surface area contributed by atoms with Gasteiger partial charge in [-0.1, -0.05) is 29.8 Å². The van der Waals surface area contributed by atoms with Crippen LogP contribution in [0.4, 0.5) is 0 Å².